The Balaban J connectivity index is 1.92. The smallest absolute Gasteiger partial charge is 0.0579 e. The minimum atomic E-state index is 0.631. The second-order valence-corrected chi connectivity index (χ2v) is 5.15. The van der Waals surface area contributed by atoms with Gasteiger partial charge in [0.1, 0.15) is 0 Å². The second-order valence-electron chi connectivity index (χ2n) is 3.87. The summed E-state index contributed by atoms with van der Waals surface area (Å²) >= 11 is 1.96. The predicted molar refractivity (Wildman–Crippen MR) is 62.7 cm³/mol. The first kappa shape index (κ1) is 10.1. The Kier molecular flexibility index (Phi) is 3.49. The lowest BCUT2D eigenvalue weighted by molar-refractivity contribution is 0.491. The normalized spacial score (nSPS) is 22.2. The van der Waals surface area contributed by atoms with Crippen LogP contribution in [-0.2, 0) is 0 Å². The molecule has 0 amide bonds. The molecule has 1 N–H and O–H groups in total. The largest absolute Gasteiger partial charge is 0.305 e. The van der Waals surface area contributed by atoms with Gasteiger partial charge in [-0.3, -0.25) is 0 Å². The van der Waals surface area contributed by atoms with Crippen LogP contribution in [0.15, 0.2) is 29.2 Å². The maximum absolute atomic E-state index is 3.55. The minimum Gasteiger partial charge on any atom is -0.305 e. The fourth-order valence-corrected chi connectivity index (χ4v) is 2.81. The van der Waals surface area contributed by atoms with Crippen LogP contribution in [0, 0.1) is 6.92 Å². The highest BCUT2D eigenvalue weighted by atomic mass is 32.2. The summed E-state index contributed by atoms with van der Waals surface area (Å²) < 4.78 is 0. The maximum atomic E-state index is 3.55. The highest BCUT2D eigenvalue weighted by molar-refractivity contribution is 7.99. The van der Waals surface area contributed by atoms with Crippen molar-refractivity contribution in [3.63, 3.8) is 0 Å². The molecular formula is C12H17NS. The first-order valence-corrected chi connectivity index (χ1v) is 6.19. The van der Waals surface area contributed by atoms with E-state index in [1.54, 1.807) is 0 Å². The second kappa shape index (κ2) is 4.85. The van der Waals surface area contributed by atoms with Crippen molar-refractivity contribution in [2.75, 3.05) is 6.54 Å². The van der Waals surface area contributed by atoms with Crippen LogP contribution in [-0.4, -0.2) is 11.9 Å². The van der Waals surface area contributed by atoms with E-state index < -0.39 is 0 Å². The van der Waals surface area contributed by atoms with Gasteiger partial charge in [-0.25, -0.2) is 0 Å². The molecule has 0 saturated carbocycles. The van der Waals surface area contributed by atoms with Crippen molar-refractivity contribution in [2.24, 2.45) is 0 Å². The molecule has 1 heterocycles. The molecular weight excluding hydrogens is 190 g/mol. The van der Waals surface area contributed by atoms with Crippen LogP contribution < -0.4 is 5.32 Å². The minimum absolute atomic E-state index is 0.631. The molecule has 1 nitrogen and oxygen atoms in total. The standard InChI is InChI=1S/C12H17NS/c1-10-5-7-11(8-6-10)14-12-4-2-3-9-13-12/h5-8,12-13H,2-4,9H2,1H3. The predicted octanol–water partition coefficient (Wildman–Crippen LogP) is 3.19. The first-order chi connectivity index (χ1) is 6.84. The van der Waals surface area contributed by atoms with E-state index in [0.29, 0.717) is 5.37 Å². The Bertz CT molecular complexity index is 275. The quantitative estimate of drug-likeness (QED) is 0.799. The van der Waals surface area contributed by atoms with Crippen LogP contribution in [0.25, 0.3) is 0 Å². The average Bonchev–Trinajstić information content (AvgIpc) is 2.23. The van der Waals surface area contributed by atoms with Gasteiger partial charge < -0.3 is 5.32 Å². The number of nitrogens with one attached hydrogen (secondary N) is 1. The van der Waals surface area contributed by atoms with Gasteiger partial charge >= 0.3 is 0 Å². The van der Waals surface area contributed by atoms with Crippen molar-refractivity contribution in [1.29, 1.82) is 0 Å². The van der Waals surface area contributed by atoms with Crippen LogP contribution in [0.4, 0.5) is 0 Å². The molecule has 1 aromatic carbocycles. The van der Waals surface area contributed by atoms with E-state index in [1.165, 1.54) is 36.3 Å². The van der Waals surface area contributed by atoms with Gasteiger partial charge in [0, 0.05) is 4.90 Å². The summed E-state index contributed by atoms with van der Waals surface area (Å²) in [7, 11) is 0. The topological polar surface area (TPSA) is 12.0 Å². The van der Waals surface area contributed by atoms with Crippen LogP contribution in [0.5, 0.6) is 0 Å². The third-order valence-electron chi connectivity index (χ3n) is 2.56. The number of rotatable bonds is 2. The number of aryl methyl sites for hydroxylation is 1. The van der Waals surface area contributed by atoms with Crippen molar-refractivity contribution in [3.8, 4) is 0 Å². The van der Waals surface area contributed by atoms with Crippen molar-refractivity contribution >= 4 is 11.8 Å². The molecule has 0 aromatic heterocycles. The Morgan fingerprint density at radius 2 is 2.00 bits per heavy atom. The summed E-state index contributed by atoms with van der Waals surface area (Å²) in [5.74, 6) is 0. The number of hydrogen-bond donors (Lipinski definition) is 1. The Labute approximate surface area is 90.3 Å². The van der Waals surface area contributed by atoms with Crippen LogP contribution >= 0.6 is 11.8 Å². The number of piperidine rings is 1. The van der Waals surface area contributed by atoms with Crippen molar-refractivity contribution in [3.05, 3.63) is 29.8 Å². The lowest BCUT2D eigenvalue weighted by Crippen LogP contribution is -2.30. The molecule has 1 aliphatic heterocycles. The fourth-order valence-electron chi connectivity index (χ4n) is 1.70. The number of hydrogen-bond acceptors (Lipinski definition) is 2. The number of thioether (sulfide) groups is 1. The molecule has 1 fully saturated rings. The molecule has 1 atom stereocenters. The van der Waals surface area contributed by atoms with Gasteiger partial charge in [0.15, 0.2) is 0 Å². The lowest BCUT2D eigenvalue weighted by atomic mass is 10.2. The summed E-state index contributed by atoms with van der Waals surface area (Å²) in [5.41, 5.74) is 1.34. The summed E-state index contributed by atoms with van der Waals surface area (Å²) in [6, 6.07) is 8.81. The zero-order valence-electron chi connectivity index (χ0n) is 8.62. The van der Waals surface area contributed by atoms with Crippen LogP contribution in [0.3, 0.4) is 0 Å². The van der Waals surface area contributed by atoms with E-state index in [-0.39, 0.29) is 0 Å². The van der Waals surface area contributed by atoms with Crippen molar-refractivity contribution in [2.45, 2.75) is 36.5 Å². The van der Waals surface area contributed by atoms with E-state index in [0.717, 1.165) is 0 Å². The van der Waals surface area contributed by atoms with Gasteiger partial charge in [0.25, 0.3) is 0 Å². The van der Waals surface area contributed by atoms with E-state index in [4.69, 9.17) is 0 Å². The van der Waals surface area contributed by atoms with Crippen molar-refractivity contribution in [1.82, 2.24) is 5.32 Å². The first-order valence-electron chi connectivity index (χ1n) is 5.31. The van der Waals surface area contributed by atoms with Crippen LogP contribution in [0.1, 0.15) is 24.8 Å². The lowest BCUT2D eigenvalue weighted by Gasteiger charge is -2.22. The molecule has 14 heavy (non-hydrogen) atoms. The number of benzene rings is 1. The average molecular weight is 207 g/mol. The molecule has 1 unspecified atom stereocenters. The zero-order chi connectivity index (χ0) is 9.80. The summed E-state index contributed by atoms with van der Waals surface area (Å²) in [5, 5.41) is 4.18. The van der Waals surface area contributed by atoms with Crippen molar-refractivity contribution < 1.29 is 0 Å². The third kappa shape index (κ3) is 2.76. The molecule has 1 aromatic rings. The molecule has 0 radical (unpaired) electrons. The van der Waals surface area contributed by atoms with Gasteiger partial charge in [-0.15, -0.1) is 11.8 Å². The summed E-state index contributed by atoms with van der Waals surface area (Å²) in [4.78, 5) is 1.38. The molecule has 0 aliphatic carbocycles. The van der Waals surface area contributed by atoms with Gasteiger partial charge in [-0.2, -0.15) is 0 Å². The Morgan fingerprint density at radius 3 is 2.64 bits per heavy atom. The SMILES string of the molecule is Cc1ccc(SC2CCCCN2)cc1. The molecule has 2 rings (SSSR count). The molecule has 1 aliphatic rings. The van der Waals surface area contributed by atoms with Gasteiger partial charge in [0.2, 0.25) is 0 Å². The molecule has 0 spiro atoms. The van der Waals surface area contributed by atoms with E-state index in [9.17, 15) is 0 Å². The maximum Gasteiger partial charge on any atom is 0.0579 e. The summed E-state index contributed by atoms with van der Waals surface area (Å²) in [6.07, 6.45) is 4.01. The highest BCUT2D eigenvalue weighted by Crippen LogP contribution is 2.26. The van der Waals surface area contributed by atoms with E-state index in [1.807, 2.05) is 11.8 Å². The third-order valence-corrected chi connectivity index (χ3v) is 3.80. The van der Waals surface area contributed by atoms with Crippen LogP contribution in [0.2, 0.25) is 0 Å². The molecule has 1 saturated heterocycles. The Morgan fingerprint density at radius 1 is 1.21 bits per heavy atom. The molecule has 76 valence electrons. The highest BCUT2D eigenvalue weighted by Gasteiger charge is 2.12. The van der Waals surface area contributed by atoms with E-state index >= 15 is 0 Å². The van der Waals surface area contributed by atoms with Gasteiger partial charge in [-0.05, 0) is 44.9 Å². The van der Waals surface area contributed by atoms with Gasteiger partial charge in [-0.1, -0.05) is 17.7 Å². The summed E-state index contributed by atoms with van der Waals surface area (Å²) in [6.45, 7) is 3.32. The monoisotopic (exact) mass is 207 g/mol. The fraction of sp³-hybridized carbons (Fsp3) is 0.500. The van der Waals surface area contributed by atoms with Gasteiger partial charge in [0.05, 0.1) is 5.37 Å². The Hall–Kier alpha value is -0.470. The van der Waals surface area contributed by atoms with E-state index in [2.05, 4.69) is 36.5 Å². The molecule has 0 bridgehead atoms. The molecule has 2 heteroatoms. The zero-order valence-corrected chi connectivity index (χ0v) is 9.44.